The fourth-order valence-electron chi connectivity index (χ4n) is 4.05. The summed E-state index contributed by atoms with van der Waals surface area (Å²) in [6.45, 7) is 8.99. The van der Waals surface area contributed by atoms with Gasteiger partial charge < -0.3 is 9.51 Å². The molecule has 1 aliphatic heterocycles. The Balaban J connectivity index is 1.81. The van der Waals surface area contributed by atoms with Crippen LogP contribution in [0.25, 0.3) is 27.7 Å². The van der Waals surface area contributed by atoms with Gasteiger partial charge in [0, 0.05) is 28.3 Å². The van der Waals surface area contributed by atoms with Gasteiger partial charge in [0.2, 0.25) is 0 Å². The smallest absolute Gasteiger partial charge is 0.141 e. The van der Waals surface area contributed by atoms with E-state index in [0.717, 1.165) is 57.3 Å². The van der Waals surface area contributed by atoms with Gasteiger partial charge in [-0.2, -0.15) is 0 Å². The molecule has 5 nitrogen and oxygen atoms in total. The summed E-state index contributed by atoms with van der Waals surface area (Å²) in [4.78, 5) is 13.2. The van der Waals surface area contributed by atoms with Crippen LogP contribution in [0.3, 0.4) is 0 Å². The van der Waals surface area contributed by atoms with Gasteiger partial charge in [-0.25, -0.2) is 4.98 Å². The van der Waals surface area contributed by atoms with Gasteiger partial charge in [0.25, 0.3) is 0 Å². The number of aliphatic imine (C=N–C) groups is 1. The number of aromatic amines is 1. The molecule has 0 radical (unpaired) electrons. The van der Waals surface area contributed by atoms with E-state index >= 15 is 0 Å². The monoisotopic (exact) mass is 346 g/mol. The van der Waals surface area contributed by atoms with Gasteiger partial charge in [0.05, 0.1) is 23.3 Å². The number of allylic oxidation sites excluding steroid dienone is 1. The molecular weight excluding hydrogens is 324 g/mol. The van der Waals surface area contributed by atoms with Gasteiger partial charge in [0.15, 0.2) is 0 Å². The lowest BCUT2D eigenvalue weighted by atomic mass is 9.93. The molecule has 1 N–H and O–H groups in total. The molecule has 1 saturated carbocycles. The molecule has 2 aromatic heterocycles. The van der Waals surface area contributed by atoms with Crippen molar-refractivity contribution >= 4 is 22.3 Å². The van der Waals surface area contributed by atoms with E-state index in [-0.39, 0.29) is 0 Å². The Morgan fingerprint density at radius 2 is 1.92 bits per heavy atom. The molecule has 0 saturated heterocycles. The van der Waals surface area contributed by atoms with Crippen LogP contribution in [0.1, 0.15) is 55.4 Å². The zero-order valence-corrected chi connectivity index (χ0v) is 15.6. The van der Waals surface area contributed by atoms with E-state index in [2.05, 4.69) is 41.1 Å². The van der Waals surface area contributed by atoms with Crippen molar-refractivity contribution < 1.29 is 4.52 Å². The molecule has 26 heavy (non-hydrogen) atoms. The van der Waals surface area contributed by atoms with Crippen molar-refractivity contribution in [3.8, 4) is 11.1 Å². The first kappa shape index (κ1) is 15.6. The fourth-order valence-corrected chi connectivity index (χ4v) is 4.05. The van der Waals surface area contributed by atoms with E-state index < -0.39 is 0 Å². The summed E-state index contributed by atoms with van der Waals surface area (Å²) >= 11 is 0. The molecule has 3 heterocycles. The van der Waals surface area contributed by atoms with Crippen LogP contribution in [0.5, 0.6) is 0 Å². The number of hydrogen-bond donors (Lipinski definition) is 1. The third-order valence-corrected chi connectivity index (χ3v) is 5.50. The van der Waals surface area contributed by atoms with Crippen molar-refractivity contribution in [3.63, 3.8) is 0 Å². The highest BCUT2D eigenvalue weighted by atomic mass is 16.5. The predicted molar refractivity (Wildman–Crippen MR) is 104 cm³/mol. The van der Waals surface area contributed by atoms with Crippen LogP contribution in [0.2, 0.25) is 0 Å². The lowest BCUT2D eigenvalue weighted by Crippen LogP contribution is -1.97. The lowest BCUT2D eigenvalue weighted by Gasteiger charge is -2.10. The van der Waals surface area contributed by atoms with Crippen LogP contribution in [0.15, 0.2) is 27.2 Å². The quantitative estimate of drug-likeness (QED) is 0.729. The summed E-state index contributed by atoms with van der Waals surface area (Å²) in [5.74, 6) is 2.55. The second kappa shape index (κ2) is 5.40. The summed E-state index contributed by atoms with van der Waals surface area (Å²) in [6.07, 6.45) is 2.46. The maximum absolute atomic E-state index is 5.41. The molecule has 0 atom stereocenters. The number of rotatable bonds is 3. The van der Waals surface area contributed by atoms with Crippen LogP contribution in [0, 0.1) is 13.8 Å². The Hall–Kier alpha value is -2.69. The van der Waals surface area contributed by atoms with Crippen molar-refractivity contribution in [2.45, 2.75) is 46.5 Å². The number of aromatic nitrogens is 3. The molecule has 0 spiro atoms. The van der Waals surface area contributed by atoms with Crippen LogP contribution >= 0.6 is 0 Å². The summed E-state index contributed by atoms with van der Waals surface area (Å²) < 4.78 is 5.41. The largest absolute Gasteiger partial charge is 0.361 e. The second-order valence-electron chi connectivity index (χ2n) is 7.57. The number of nitrogens with zero attached hydrogens (tertiary/aromatic N) is 3. The normalized spacial score (nSPS) is 17.5. The average Bonchev–Trinajstić information content (AvgIpc) is 3.17. The summed E-state index contributed by atoms with van der Waals surface area (Å²) in [5.41, 5.74) is 10.0. The van der Waals surface area contributed by atoms with E-state index in [0.29, 0.717) is 5.92 Å². The molecule has 5 rings (SSSR count). The number of H-pyrrole nitrogens is 1. The number of benzene rings is 1. The Bertz CT molecular complexity index is 1090. The number of aryl methyl sites for hydroxylation is 2. The molecule has 1 fully saturated rings. The van der Waals surface area contributed by atoms with Crippen molar-refractivity contribution in [2.75, 3.05) is 6.54 Å². The molecular formula is C21H22N4O. The minimum Gasteiger partial charge on any atom is -0.361 e. The summed E-state index contributed by atoms with van der Waals surface area (Å²) in [6, 6.07) is 4.41. The molecule has 5 heteroatoms. The molecule has 1 aliphatic carbocycles. The van der Waals surface area contributed by atoms with E-state index in [1.807, 2.05) is 13.8 Å². The Labute approximate surface area is 152 Å². The fraction of sp³-hybridized carbons (Fsp3) is 0.381. The zero-order valence-electron chi connectivity index (χ0n) is 15.6. The SMILES string of the molecule is CC1=NCC(C)=C1c1cc(-c2c(C)noc2C)cc2[nH]c(C3CC3)nc12. The highest BCUT2D eigenvalue weighted by Gasteiger charge is 2.28. The van der Waals surface area contributed by atoms with Crippen LogP contribution in [0.4, 0.5) is 0 Å². The number of fused-ring (bicyclic) bond motifs is 1. The first-order valence-corrected chi connectivity index (χ1v) is 9.21. The molecule has 3 aromatic rings. The highest BCUT2D eigenvalue weighted by Crippen LogP contribution is 2.41. The molecule has 0 amide bonds. The number of hydrogen-bond acceptors (Lipinski definition) is 4. The van der Waals surface area contributed by atoms with Gasteiger partial charge in [0.1, 0.15) is 11.6 Å². The zero-order chi connectivity index (χ0) is 18.0. The topological polar surface area (TPSA) is 67.1 Å². The molecule has 0 unspecified atom stereocenters. The van der Waals surface area contributed by atoms with E-state index in [1.165, 1.54) is 24.0 Å². The maximum atomic E-state index is 5.41. The maximum Gasteiger partial charge on any atom is 0.141 e. The molecule has 1 aromatic carbocycles. The van der Waals surface area contributed by atoms with E-state index in [4.69, 9.17) is 9.51 Å². The standard InChI is InChI=1S/C21H22N4O/c1-10-9-22-11(2)18(10)16-7-15(19-12(3)25-26-13(19)4)8-17-20(16)24-21(23-17)14-5-6-14/h7-8,14H,5-6,9H2,1-4H3,(H,23,24). The molecule has 132 valence electrons. The third kappa shape index (κ3) is 2.26. The second-order valence-corrected chi connectivity index (χ2v) is 7.57. The van der Waals surface area contributed by atoms with Gasteiger partial charge >= 0.3 is 0 Å². The average molecular weight is 346 g/mol. The predicted octanol–water partition coefficient (Wildman–Crippen LogP) is 4.96. The minimum absolute atomic E-state index is 0.589. The van der Waals surface area contributed by atoms with E-state index in [9.17, 15) is 0 Å². The summed E-state index contributed by atoms with van der Waals surface area (Å²) in [7, 11) is 0. The molecule has 0 bridgehead atoms. The van der Waals surface area contributed by atoms with Crippen LogP contribution in [-0.4, -0.2) is 27.4 Å². The van der Waals surface area contributed by atoms with Crippen LogP contribution in [-0.2, 0) is 0 Å². The van der Waals surface area contributed by atoms with Gasteiger partial charge in [-0.15, -0.1) is 0 Å². The Morgan fingerprint density at radius 1 is 1.12 bits per heavy atom. The lowest BCUT2D eigenvalue weighted by molar-refractivity contribution is 0.393. The Morgan fingerprint density at radius 3 is 2.54 bits per heavy atom. The van der Waals surface area contributed by atoms with Gasteiger partial charge in [-0.1, -0.05) is 5.16 Å². The number of nitrogens with one attached hydrogen (secondary N) is 1. The summed E-state index contributed by atoms with van der Waals surface area (Å²) in [5, 5.41) is 4.14. The molecule has 2 aliphatic rings. The number of imidazole rings is 1. The Kier molecular flexibility index (Phi) is 3.23. The van der Waals surface area contributed by atoms with Crippen molar-refractivity contribution in [2.24, 2.45) is 4.99 Å². The third-order valence-electron chi connectivity index (χ3n) is 5.50. The van der Waals surface area contributed by atoms with Crippen LogP contribution < -0.4 is 0 Å². The first-order chi connectivity index (χ1) is 12.5. The minimum atomic E-state index is 0.589. The van der Waals surface area contributed by atoms with Gasteiger partial charge in [-0.3, -0.25) is 4.99 Å². The van der Waals surface area contributed by atoms with Crippen molar-refractivity contribution in [3.05, 3.63) is 40.5 Å². The van der Waals surface area contributed by atoms with Crippen molar-refractivity contribution in [1.29, 1.82) is 0 Å². The highest BCUT2D eigenvalue weighted by molar-refractivity contribution is 6.27. The van der Waals surface area contributed by atoms with E-state index in [1.54, 1.807) is 0 Å². The van der Waals surface area contributed by atoms with Crippen molar-refractivity contribution in [1.82, 2.24) is 15.1 Å². The van der Waals surface area contributed by atoms with Gasteiger partial charge in [-0.05, 0) is 63.8 Å². The first-order valence-electron chi connectivity index (χ1n) is 9.21.